The Bertz CT molecular complexity index is 812. The Balaban J connectivity index is 1.50. The van der Waals surface area contributed by atoms with Crippen LogP contribution in [0.4, 0.5) is 0 Å². The molecule has 1 aliphatic rings. The number of nitrogens with zero attached hydrogens (tertiary/aromatic N) is 4. The molecule has 1 unspecified atom stereocenters. The van der Waals surface area contributed by atoms with E-state index < -0.39 is 0 Å². The lowest BCUT2D eigenvalue weighted by molar-refractivity contribution is -0.133. The number of guanidine groups is 1. The van der Waals surface area contributed by atoms with Crippen molar-refractivity contribution in [1.29, 1.82) is 0 Å². The number of nitrogens with one attached hydrogen (secondary N) is 2. The molecule has 28 heavy (non-hydrogen) atoms. The molecule has 1 saturated heterocycles. The number of fused-ring (bicyclic) bond motifs is 1. The molecule has 1 amide bonds. The fourth-order valence-electron chi connectivity index (χ4n) is 3.58. The summed E-state index contributed by atoms with van der Waals surface area (Å²) in [6, 6.07) is 8.45. The third-order valence-electron chi connectivity index (χ3n) is 5.03. The van der Waals surface area contributed by atoms with Crippen LogP contribution in [0.2, 0.25) is 0 Å². The highest BCUT2D eigenvalue weighted by Gasteiger charge is 2.27. The minimum absolute atomic E-state index is 0.0555. The van der Waals surface area contributed by atoms with Crippen molar-refractivity contribution in [1.82, 2.24) is 25.1 Å². The second kappa shape index (κ2) is 9.57. The zero-order valence-electron chi connectivity index (χ0n) is 17.2. The standard InChI is InChI=1S/C21H32N6O/c1-4-22-21(25-17-10-13-26(14-17)20(28)16(2)3)23-11-7-12-27-15-24-18-8-5-6-9-19(18)27/h5-6,8-9,15-17H,4,7,10-14H2,1-3H3,(H2,22,23,25). The molecular formula is C21H32N6O. The van der Waals surface area contributed by atoms with Gasteiger partial charge in [-0.05, 0) is 31.9 Å². The highest BCUT2D eigenvalue weighted by molar-refractivity contribution is 5.81. The molecule has 1 aromatic heterocycles. The number of carbonyl (C=O) groups is 1. The molecule has 2 heterocycles. The van der Waals surface area contributed by atoms with Crippen molar-refractivity contribution in [2.75, 3.05) is 26.2 Å². The minimum Gasteiger partial charge on any atom is -0.357 e. The Labute approximate surface area is 167 Å². The van der Waals surface area contributed by atoms with Gasteiger partial charge in [0.25, 0.3) is 0 Å². The second-order valence-corrected chi connectivity index (χ2v) is 7.61. The van der Waals surface area contributed by atoms with Gasteiger partial charge >= 0.3 is 0 Å². The van der Waals surface area contributed by atoms with Crippen molar-refractivity contribution >= 4 is 22.9 Å². The summed E-state index contributed by atoms with van der Waals surface area (Å²) in [5, 5.41) is 6.81. The summed E-state index contributed by atoms with van der Waals surface area (Å²) in [5.74, 6) is 1.13. The first kappa shape index (κ1) is 20.2. The van der Waals surface area contributed by atoms with Gasteiger partial charge in [-0.1, -0.05) is 26.0 Å². The highest BCUT2D eigenvalue weighted by atomic mass is 16.2. The first-order chi connectivity index (χ1) is 13.6. The summed E-state index contributed by atoms with van der Waals surface area (Å²) >= 11 is 0. The minimum atomic E-state index is 0.0555. The number of hydrogen-bond donors (Lipinski definition) is 2. The quantitative estimate of drug-likeness (QED) is 0.436. The van der Waals surface area contributed by atoms with E-state index in [1.54, 1.807) is 0 Å². The van der Waals surface area contributed by atoms with Crippen LogP contribution in [0.1, 0.15) is 33.6 Å². The number of para-hydroxylation sites is 2. The molecule has 1 atom stereocenters. The van der Waals surface area contributed by atoms with E-state index in [0.717, 1.165) is 62.6 Å². The van der Waals surface area contributed by atoms with Crippen molar-refractivity contribution < 1.29 is 4.79 Å². The summed E-state index contributed by atoms with van der Waals surface area (Å²) in [6.45, 7) is 10.0. The number of aryl methyl sites for hydroxylation is 1. The molecule has 7 nitrogen and oxygen atoms in total. The maximum absolute atomic E-state index is 12.2. The fraction of sp³-hybridized carbons (Fsp3) is 0.571. The largest absolute Gasteiger partial charge is 0.357 e. The molecule has 1 fully saturated rings. The average Bonchev–Trinajstić information content (AvgIpc) is 3.32. The predicted octanol–water partition coefficient (Wildman–Crippen LogP) is 2.24. The van der Waals surface area contributed by atoms with E-state index in [2.05, 4.69) is 33.2 Å². The number of imidazole rings is 1. The van der Waals surface area contributed by atoms with Crippen LogP contribution in [0.25, 0.3) is 11.0 Å². The molecule has 152 valence electrons. The van der Waals surface area contributed by atoms with E-state index in [0.29, 0.717) is 0 Å². The van der Waals surface area contributed by atoms with Crippen molar-refractivity contribution in [3.8, 4) is 0 Å². The number of benzene rings is 1. The fourth-order valence-corrected chi connectivity index (χ4v) is 3.58. The SMILES string of the molecule is CCNC(=NCCCn1cnc2ccccc21)NC1CCN(C(=O)C(C)C)C1. The number of amides is 1. The van der Waals surface area contributed by atoms with E-state index in [4.69, 9.17) is 4.99 Å². The van der Waals surface area contributed by atoms with E-state index >= 15 is 0 Å². The van der Waals surface area contributed by atoms with Crippen LogP contribution in [0, 0.1) is 5.92 Å². The second-order valence-electron chi connectivity index (χ2n) is 7.61. The molecule has 0 bridgehead atoms. The number of carbonyl (C=O) groups excluding carboxylic acids is 1. The van der Waals surface area contributed by atoms with E-state index in [-0.39, 0.29) is 17.9 Å². The highest BCUT2D eigenvalue weighted by Crippen LogP contribution is 2.13. The number of aliphatic imine (C=N–C) groups is 1. The van der Waals surface area contributed by atoms with Gasteiger partial charge < -0.3 is 20.1 Å². The Hall–Kier alpha value is -2.57. The van der Waals surface area contributed by atoms with Gasteiger partial charge in [-0.15, -0.1) is 0 Å². The first-order valence-electron chi connectivity index (χ1n) is 10.3. The third-order valence-corrected chi connectivity index (χ3v) is 5.03. The Morgan fingerprint density at radius 2 is 2.18 bits per heavy atom. The average molecular weight is 385 g/mol. The van der Waals surface area contributed by atoms with Gasteiger partial charge in [0, 0.05) is 44.7 Å². The molecule has 1 aromatic carbocycles. The Morgan fingerprint density at radius 1 is 1.36 bits per heavy atom. The molecular weight excluding hydrogens is 352 g/mol. The third kappa shape index (κ3) is 5.03. The van der Waals surface area contributed by atoms with Crippen LogP contribution in [0.3, 0.4) is 0 Å². The van der Waals surface area contributed by atoms with Gasteiger partial charge in [0.1, 0.15) is 0 Å². The van der Waals surface area contributed by atoms with Crippen molar-refractivity contribution in [3.63, 3.8) is 0 Å². The van der Waals surface area contributed by atoms with Crippen molar-refractivity contribution in [2.24, 2.45) is 10.9 Å². The monoisotopic (exact) mass is 384 g/mol. The maximum atomic E-state index is 12.2. The molecule has 2 N–H and O–H groups in total. The van der Waals surface area contributed by atoms with Crippen LogP contribution >= 0.6 is 0 Å². The number of hydrogen-bond acceptors (Lipinski definition) is 3. The molecule has 0 saturated carbocycles. The molecule has 0 radical (unpaired) electrons. The van der Waals surface area contributed by atoms with Gasteiger partial charge in [-0.3, -0.25) is 9.79 Å². The van der Waals surface area contributed by atoms with Gasteiger partial charge in [-0.25, -0.2) is 4.98 Å². The smallest absolute Gasteiger partial charge is 0.225 e. The first-order valence-corrected chi connectivity index (χ1v) is 10.3. The van der Waals surface area contributed by atoms with Gasteiger partial charge in [-0.2, -0.15) is 0 Å². The Kier molecular flexibility index (Phi) is 6.90. The molecule has 3 rings (SSSR count). The van der Waals surface area contributed by atoms with Gasteiger partial charge in [0.15, 0.2) is 5.96 Å². The summed E-state index contributed by atoms with van der Waals surface area (Å²) < 4.78 is 2.18. The lowest BCUT2D eigenvalue weighted by Crippen LogP contribution is -2.45. The lowest BCUT2D eigenvalue weighted by Gasteiger charge is -2.20. The number of rotatable bonds is 7. The molecule has 7 heteroatoms. The van der Waals surface area contributed by atoms with E-state index in [1.165, 1.54) is 0 Å². The topological polar surface area (TPSA) is 74.6 Å². The molecule has 0 aliphatic carbocycles. The van der Waals surface area contributed by atoms with Crippen LogP contribution in [0.5, 0.6) is 0 Å². The van der Waals surface area contributed by atoms with Crippen LogP contribution in [0.15, 0.2) is 35.6 Å². The molecule has 0 spiro atoms. The van der Waals surface area contributed by atoms with Crippen molar-refractivity contribution in [2.45, 2.75) is 46.2 Å². The number of likely N-dealkylation sites (tertiary alicyclic amines) is 1. The zero-order valence-corrected chi connectivity index (χ0v) is 17.2. The van der Waals surface area contributed by atoms with E-state index in [1.807, 2.05) is 43.3 Å². The van der Waals surface area contributed by atoms with Crippen LogP contribution in [-0.2, 0) is 11.3 Å². The Morgan fingerprint density at radius 3 is 2.96 bits per heavy atom. The molecule has 1 aliphatic heterocycles. The normalized spacial score (nSPS) is 17.5. The lowest BCUT2D eigenvalue weighted by atomic mass is 10.2. The number of aromatic nitrogens is 2. The van der Waals surface area contributed by atoms with Gasteiger partial charge in [0.2, 0.25) is 5.91 Å². The molecule has 2 aromatic rings. The predicted molar refractivity (Wildman–Crippen MR) is 113 cm³/mol. The van der Waals surface area contributed by atoms with Gasteiger partial charge in [0.05, 0.1) is 17.4 Å². The van der Waals surface area contributed by atoms with Crippen LogP contribution in [-0.4, -0.2) is 58.5 Å². The van der Waals surface area contributed by atoms with Crippen molar-refractivity contribution in [3.05, 3.63) is 30.6 Å². The van der Waals surface area contributed by atoms with Crippen LogP contribution < -0.4 is 10.6 Å². The zero-order chi connectivity index (χ0) is 19.9. The summed E-state index contributed by atoms with van der Waals surface area (Å²) in [4.78, 5) is 23.3. The van der Waals surface area contributed by atoms with E-state index in [9.17, 15) is 4.79 Å². The summed E-state index contributed by atoms with van der Waals surface area (Å²) in [7, 11) is 0. The maximum Gasteiger partial charge on any atom is 0.225 e. The summed E-state index contributed by atoms with van der Waals surface area (Å²) in [6.07, 6.45) is 3.81. The summed E-state index contributed by atoms with van der Waals surface area (Å²) in [5.41, 5.74) is 2.19.